The highest BCUT2D eigenvalue weighted by Gasteiger charge is 2.12. The molecule has 1 heterocycles. The molecule has 0 amide bonds. The highest BCUT2D eigenvalue weighted by Crippen LogP contribution is 2.15. The molecular weight excluding hydrogens is 160 g/mol. The first-order valence-corrected chi connectivity index (χ1v) is 4.62. The number of hydrogen-bond donors (Lipinski definition) is 0. The van der Waals surface area contributed by atoms with Gasteiger partial charge in [0.1, 0.15) is 0 Å². The number of benzene rings is 1. The van der Waals surface area contributed by atoms with E-state index in [0.717, 1.165) is 6.42 Å². The first kappa shape index (κ1) is 8.30. The summed E-state index contributed by atoms with van der Waals surface area (Å²) in [5.41, 5.74) is 2.64. The van der Waals surface area contributed by atoms with Crippen molar-refractivity contribution in [2.24, 2.45) is 5.10 Å². The fourth-order valence-electron chi connectivity index (χ4n) is 1.56. The number of hydrazone groups is 1. The van der Waals surface area contributed by atoms with Crippen molar-refractivity contribution >= 4 is 6.21 Å². The maximum absolute atomic E-state index is 4.35. The van der Waals surface area contributed by atoms with Gasteiger partial charge in [-0.3, -0.25) is 5.01 Å². The Kier molecular flexibility index (Phi) is 2.05. The van der Waals surface area contributed by atoms with Gasteiger partial charge in [-0.25, -0.2) is 0 Å². The topological polar surface area (TPSA) is 15.6 Å². The number of hydrogen-bond acceptors (Lipinski definition) is 2. The van der Waals surface area contributed by atoms with Crippen LogP contribution in [0.2, 0.25) is 0 Å². The lowest BCUT2D eigenvalue weighted by Crippen LogP contribution is -2.24. The van der Waals surface area contributed by atoms with Gasteiger partial charge in [-0.15, -0.1) is 0 Å². The van der Waals surface area contributed by atoms with E-state index in [1.54, 1.807) is 0 Å². The molecule has 0 radical (unpaired) electrons. The van der Waals surface area contributed by atoms with Crippen molar-refractivity contribution in [1.29, 1.82) is 0 Å². The zero-order valence-corrected chi connectivity index (χ0v) is 8.07. The average Bonchev–Trinajstić information content (AvgIpc) is 2.28. The lowest BCUT2D eigenvalue weighted by Gasteiger charge is -2.19. The van der Waals surface area contributed by atoms with Crippen molar-refractivity contribution < 1.29 is 0 Å². The van der Waals surface area contributed by atoms with Crippen LogP contribution in [0.3, 0.4) is 0 Å². The van der Waals surface area contributed by atoms with Gasteiger partial charge in [0.15, 0.2) is 0 Å². The first-order chi connectivity index (χ1) is 6.27. The minimum absolute atomic E-state index is 0.486. The normalized spacial score (nSPS) is 21.1. The van der Waals surface area contributed by atoms with Crippen molar-refractivity contribution in [3.05, 3.63) is 35.4 Å². The van der Waals surface area contributed by atoms with Gasteiger partial charge in [0.05, 0.1) is 6.21 Å². The minimum Gasteiger partial charge on any atom is -0.297 e. The molecule has 1 aromatic carbocycles. The molecule has 1 aliphatic heterocycles. The van der Waals surface area contributed by atoms with Gasteiger partial charge in [0.25, 0.3) is 0 Å². The highest BCUT2D eigenvalue weighted by molar-refractivity contribution is 5.81. The summed E-state index contributed by atoms with van der Waals surface area (Å²) in [6.45, 7) is 2.19. The van der Waals surface area contributed by atoms with Crippen LogP contribution >= 0.6 is 0 Å². The summed E-state index contributed by atoms with van der Waals surface area (Å²) in [6.07, 6.45) is 3.02. The third kappa shape index (κ3) is 1.57. The van der Waals surface area contributed by atoms with E-state index in [-0.39, 0.29) is 0 Å². The van der Waals surface area contributed by atoms with Gasteiger partial charge >= 0.3 is 0 Å². The standard InChI is InChI=1S/C11H14N2/c1-9-7-10-5-3-4-6-11(10)8-12-13(9)2/h3-6,8-9H,7H2,1-2H3. The Labute approximate surface area is 78.9 Å². The molecule has 0 saturated heterocycles. The van der Waals surface area contributed by atoms with Crippen LogP contribution in [0.15, 0.2) is 29.4 Å². The summed E-state index contributed by atoms with van der Waals surface area (Å²) in [4.78, 5) is 0. The zero-order chi connectivity index (χ0) is 9.26. The van der Waals surface area contributed by atoms with E-state index in [2.05, 4.69) is 36.3 Å². The Morgan fingerprint density at radius 2 is 2.15 bits per heavy atom. The zero-order valence-electron chi connectivity index (χ0n) is 8.07. The lowest BCUT2D eigenvalue weighted by atomic mass is 10.0. The Balaban J connectivity index is 2.40. The lowest BCUT2D eigenvalue weighted by molar-refractivity contribution is 0.273. The SMILES string of the molecule is CC1Cc2ccccc2C=NN1C. The minimum atomic E-state index is 0.486. The molecule has 0 bridgehead atoms. The van der Waals surface area contributed by atoms with E-state index < -0.39 is 0 Å². The second-order valence-electron chi connectivity index (χ2n) is 3.57. The molecule has 0 fully saturated rings. The van der Waals surface area contributed by atoms with Crippen LogP contribution in [0.4, 0.5) is 0 Å². The molecule has 0 aromatic heterocycles. The van der Waals surface area contributed by atoms with Crippen molar-refractivity contribution in [1.82, 2.24) is 5.01 Å². The molecule has 1 atom stereocenters. The van der Waals surface area contributed by atoms with E-state index in [1.807, 2.05) is 18.3 Å². The summed E-state index contributed by atoms with van der Waals surface area (Å²) in [5, 5.41) is 6.37. The van der Waals surface area contributed by atoms with Gasteiger partial charge in [-0.05, 0) is 24.5 Å². The fourth-order valence-corrected chi connectivity index (χ4v) is 1.56. The van der Waals surface area contributed by atoms with Gasteiger partial charge in [-0.1, -0.05) is 24.3 Å². The Hall–Kier alpha value is -1.31. The second-order valence-corrected chi connectivity index (χ2v) is 3.57. The molecule has 0 aliphatic carbocycles. The molecule has 0 spiro atoms. The predicted octanol–water partition coefficient (Wildman–Crippen LogP) is 1.90. The smallest absolute Gasteiger partial charge is 0.0545 e. The number of fused-ring (bicyclic) bond motifs is 1. The van der Waals surface area contributed by atoms with Gasteiger partial charge in [0, 0.05) is 13.1 Å². The van der Waals surface area contributed by atoms with Crippen LogP contribution in [0.25, 0.3) is 0 Å². The molecule has 2 rings (SSSR count). The molecule has 2 nitrogen and oxygen atoms in total. The molecule has 68 valence electrons. The third-order valence-electron chi connectivity index (χ3n) is 2.59. The van der Waals surface area contributed by atoms with E-state index in [4.69, 9.17) is 0 Å². The van der Waals surface area contributed by atoms with E-state index in [0.29, 0.717) is 6.04 Å². The van der Waals surface area contributed by atoms with Gasteiger partial charge < -0.3 is 0 Å². The first-order valence-electron chi connectivity index (χ1n) is 4.62. The molecule has 0 N–H and O–H groups in total. The molecular formula is C11H14N2. The van der Waals surface area contributed by atoms with Crippen molar-refractivity contribution in [3.63, 3.8) is 0 Å². The molecule has 1 unspecified atom stereocenters. The Morgan fingerprint density at radius 1 is 1.38 bits per heavy atom. The van der Waals surface area contributed by atoms with Gasteiger partial charge in [0.2, 0.25) is 0 Å². The highest BCUT2D eigenvalue weighted by atomic mass is 15.4. The van der Waals surface area contributed by atoms with Crippen molar-refractivity contribution in [2.45, 2.75) is 19.4 Å². The average molecular weight is 174 g/mol. The Bertz CT molecular complexity index is 331. The summed E-state index contributed by atoms with van der Waals surface area (Å²) < 4.78 is 0. The monoisotopic (exact) mass is 174 g/mol. The van der Waals surface area contributed by atoms with Crippen LogP contribution < -0.4 is 0 Å². The largest absolute Gasteiger partial charge is 0.297 e. The summed E-state index contributed by atoms with van der Waals surface area (Å²) in [6, 6.07) is 8.92. The van der Waals surface area contributed by atoms with E-state index >= 15 is 0 Å². The Morgan fingerprint density at radius 3 is 3.00 bits per heavy atom. The summed E-state index contributed by atoms with van der Waals surface area (Å²) in [7, 11) is 2.02. The van der Waals surface area contributed by atoms with Crippen LogP contribution in [-0.4, -0.2) is 24.3 Å². The van der Waals surface area contributed by atoms with Crippen molar-refractivity contribution in [2.75, 3.05) is 7.05 Å². The van der Waals surface area contributed by atoms with Gasteiger partial charge in [-0.2, -0.15) is 5.10 Å². The van der Waals surface area contributed by atoms with Crippen molar-refractivity contribution in [3.8, 4) is 0 Å². The number of likely N-dealkylation sites (N-methyl/N-ethyl adjacent to an activating group) is 1. The summed E-state index contributed by atoms with van der Waals surface area (Å²) >= 11 is 0. The molecule has 1 aromatic rings. The summed E-state index contributed by atoms with van der Waals surface area (Å²) in [5.74, 6) is 0. The van der Waals surface area contributed by atoms with Crippen LogP contribution in [0.1, 0.15) is 18.1 Å². The van der Waals surface area contributed by atoms with Crippen LogP contribution in [0, 0.1) is 0 Å². The molecule has 2 heteroatoms. The third-order valence-corrected chi connectivity index (χ3v) is 2.59. The quantitative estimate of drug-likeness (QED) is 0.586. The maximum atomic E-state index is 4.35. The van der Waals surface area contributed by atoms with E-state index in [9.17, 15) is 0 Å². The fraction of sp³-hybridized carbons (Fsp3) is 0.364. The van der Waals surface area contributed by atoms with E-state index in [1.165, 1.54) is 11.1 Å². The molecule has 1 aliphatic rings. The number of rotatable bonds is 0. The predicted molar refractivity (Wildman–Crippen MR) is 55.0 cm³/mol. The molecule has 13 heavy (non-hydrogen) atoms. The number of nitrogens with zero attached hydrogens (tertiary/aromatic N) is 2. The maximum Gasteiger partial charge on any atom is 0.0545 e. The molecule has 0 saturated carbocycles. The van der Waals surface area contributed by atoms with Crippen LogP contribution in [-0.2, 0) is 6.42 Å². The second kappa shape index (κ2) is 3.21. The van der Waals surface area contributed by atoms with Crippen LogP contribution in [0.5, 0.6) is 0 Å².